The van der Waals surface area contributed by atoms with Gasteiger partial charge in [0, 0.05) is 33.2 Å². The number of benzene rings is 1. The van der Waals surface area contributed by atoms with E-state index in [-0.39, 0.29) is 18.3 Å². The molecule has 0 spiro atoms. The van der Waals surface area contributed by atoms with E-state index in [4.69, 9.17) is 0 Å². The third-order valence-corrected chi connectivity index (χ3v) is 7.33. The lowest BCUT2D eigenvalue weighted by Crippen LogP contribution is -2.54. The summed E-state index contributed by atoms with van der Waals surface area (Å²) in [5.74, 6) is -3.22. The Balaban J connectivity index is 1.63. The van der Waals surface area contributed by atoms with Gasteiger partial charge in [-0.15, -0.1) is 0 Å². The fourth-order valence-electron chi connectivity index (χ4n) is 5.02. The quantitative estimate of drug-likeness (QED) is 0.447. The van der Waals surface area contributed by atoms with E-state index in [1.165, 1.54) is 33.7 Å². The molecule has 0 atom stereocenters. The Morgan fingerprint density at radius 2 is 1.79 bits per heavy atom. The van der Waals surface area contributed by atoms with Crippen LogP contribution in [0, 0.1) is 11.7 Å². The Labute approximate surface area is 219 Å². The second kappa shape index (κ2) is 10.9. The minimum absolute atomic E-state index is 0.0242. The van der Waals surface area contributed by atoms with E-state index in [0.717, 1.165) is 0 Å². The SMILES string of the molecule is CN(C)CCN(C)C(=O)C(=O)NC12CCC(CC1)Cn1c2nc(C(=O)NCc2ccc(F)cc2)c(O)c1=O. The standard InChI is InChI=1S/C26H33FN6O5/c1-31(2)12-13-32(3)24(38)22(36)30-26-10-8-17(9-11-26)15-33-23(37)20(34)19(29-25(26)33)21(35)28-14-16-4-6-18(27)7-5-16/h4-7,17,34H,8-15H2,1-3H3,(H,28,35)(H,30,36). The van der Waals surface area contributed by atoms with Crippen LogP contribution in [0.15, 0.2) is 29.1 Å². The molecule has 0 radical (unpaired) electrons. The average Bonchev–Trinajstić information content (AvgIpc) is 3.14. The topological polar surface area (TPSA) is 137 Å². The highest BCUT2D eigenvalue weighted by molar-refractivity contribution is 6.35. The monoisotopic (exact) mass is 528 g/mol. The van der Waals surface area contributed by atoms with Crippen LogP contribution in [-0.4, -0.2) is 76.4 Å². The number of halogens is 1. The van der Waals surface area contributed by atoms with Crippen molar-refractivity contribution in [2.45, 2.75) is 44.3 Å². The highest BCUT2D eigenvalue weighted by Gasteiger charge is 2.46. The molecule has 204 valence electrons. The van der Waals surface area contributed by atoms with Gasteiger partial charge in [0.1, 0.15) is 11.6 Å². The Bertz CT molecular complexity index is 1280. The van der Waals surface area contributed by atoms with E-state index in [1.54, 1.807) is 7.05 Å². The fourth-order valence-corrected chi connectivity index (χ4v) is 5.02. The lowest BCUT2D eigenvalue weighted by Gasteiger charge is -2.37. The molecule has 11 nitrogen and oxygen atoms in total. The van der Waals surface area contributed by atoms with E-state index in [2.05, 4.69) is 15.6 Å². The van der Waals surface area contributed by atoms with Gasteiger partial charge >= 0.3 is 11.8 Å². The molecular weight excluding hydrogens is 495 g/mol. The van der Waals surface area contributed by atoms with Crippen molar-refractivity contribution in [2.24, 2.45) is 5.92 Å². The summed E-state index contributed by atoms with van der Waals surface area (Å²) in [5.41, 5.74) is -1.76. The lowest BCUT2D eigenvalue weighted by molar-refractivity contribution is -0.146. The maximum atomic E-state index is 13.2. The van der Waals surface area contributed by atoms with E-state index >= 15 is 0 Å². The smallest absolute Gasteiger partial charge is 0.311 e. The van der Waals surface area contributed by atoms with Gasteiger partial charge in [-0.1, -0.05) is 12.1 Å². The molecule has 1 aromatic heterocycles. The predicted octanol–water partition coefficient (Wildman–Crippen LogP) is 0.553. The molecule has 1 aliphatic carbocycles. The molecule has 0 saturated heterocycles. The number of likely N-dealkylation sites (N-methyl/N-ethyl adjacent to an activating group) is 2. The van der Waals surface area contributed by atoms with Crippen LogP contribution >= 0.6 is 0 Å². The number of amides is 3. The van der Waals surface area contributed by atoms with Crippen LogP contribution in [-0.2, 0) is 28.2 Å². The number of carbonyl (C=O) groups excluding carboxylic acids is 3. The zero-order chi connectivity index (χ0) is 27.6. The number of hydrogen-bond acceptors (Lipinski definition) is 7. The molecule has 2 aliphatic heterocycles. The molecule has 38 heavy (non-hydrogen) atoms. The first-order valence-electron chi connectivity index (χ1n) is 12.6. The summed E-state index contributed by atoms with van der Waals surface area (Å²) >= 11 is 0. The molecule has 2 aromatic rings. The van der Waals surface area contributed by atoms with Crippen molar-refractivity contribution < 1.29 is 23.9 Å². The van der Waals surface area contributed by atoms with Crippen molar-refractivity contribution in [2.75, 3.05) is 34.2 Å². The number of fused-ring (bicyclic) bond motifs is 2. The van der Waals surface area contributed by atoms with Crippen molar-refractivity contribution in [1.82, 2.24) is 30.0 Å². The summed E-state index contributed by atoms with van der Waals surface area (Å²) in [6.07, 6.45) is 2.24. The molecule has 1 aromatic carbocycles. The molecule has 3 N–H and O–H groups in total. The molecule has 1 saturated carbocycles. The third kappa shape index (κ3) is 5.54. The van der Waals surface area contributed by atoms with Crippen molar-refractivity contribution in [3.63, 3.8) is 0 Å². The number of aromatic nitrogens is 2. The Hall–Kier alpha value is -3.80. The molecule has 1 fully saturated rings. The Morgan fingerprint density at radius 1 is 1.13 bits per heavy atom. The maximum absolute atomic E-state index is 13.2. The van der Waals surface area contributed by atoms with Gasteiger partial charge in [0.15, 0.2) is 5.69 Å². The maximum Gasteiger partial charge on any atom is 0.311 e. The lowest BCUT2D eigenvalue weighted by atomic mass is 9.77. The first-order valence-corrected chi connectivity index (χ1v) is 12.6. The molecule has 12 heteroatoms. The summed E-state index contributed by atoms with van der Waals surface area (Å²) in [4.78, 5) is 59.7. The summed E-state index contributed by atoms with van der Waals surface area (Å²) < 4.78 is 14.5. The minimum Gasteiger partial charge on any atom is -0.501 e. The molecule has 3 heterocycles. The summed E-state index contributed by atoms with van der Waals surface area (Å²) in [6, 6.07) is 5.53. The van der Waals surface area contributed by atoms with Gasteiger partial charge in [-0.3, -0.25) is 23.7 Å². The van der Waals surface area contributed by atoms with E-state index in [0.29, 0.717) is 50.9 Å². The Kier molecular flexibility index (Phi) is 7.81. The average molecular weight is 529 g/mol. The van der Waals surface area contributed by atoms with Gasteiger partial charge in [-0.25, -0.2) is 9.37 Å². The number of aromatic hydroxyl groups is 1. The fraction of sp³-hybridized carbons (Fsp3) is 0.500. The van der Waals surface area contributed by atoms with Crippen LogP contribution in [0.1, 0.15) is 47.6 Å². The molecule has 2 bridgehead atoms. The molecule has 3 amide bonds. The van der Waals surface area contributed by atoms with Gasteiger partial charge in [0.2, 0.25) is 5.75 Å². The van der Waals surface area contributed by atoms with Gasteiger partial charge in [-0.05, 0) is 63.4 Å². The minimum atomic E-state index is -1.14. The predicted molar refractivity (Wildman–Crippen MR) is 136 cm³/mol. The second-order valence-electron chi connectivity index (χ2n) is 10.4. The van der Waals surface area contributed by atoms with E-state index in [9.17, 15) is 28.7 Å². The van der Waals surface area contributed by atoms with Gasteiger partial charge in [-0.2, -0.15) is 0 Å². The van der Waals surface area contributed by atoms with Crippen molar-refractivity contribution in [3.8, 4) is 5.75 Å². The van der Waals surface area contributed by atoms with Gasteiger partial charge in [0.25, 0.3) is 11.5 Å². The largest absolute Gasteiger partial charge is 0.501 e. The summed E-state index contributed by atoms with van der Waals surface area (Å²) in [5, 5.41) is 16.1. The van der Waals surface area contributed by atoms with Crippen molar-refractivity contribution >= 4 is 17.7 Å². The number of hydrogen-bond donors (Lipinski definition) is 3. The normalized spacial score (nSPS) is 20.0. The van der Waals surface area contributed by atoms with Crippen molar-refractivity contribution in [1.29, 1.82) is 0 Å². The zero-order valence-corrected chi connectivity index (χ0v) is 21.8. The van der Waals surface area contributed by atoms with E-state index in [1.807, 2.05) is 19.0 Å². The first-order chi connectivity index (χ1) is 18.0. The van der Waals surface area contributed by atoms with E-state index < -0.39 is 46.1 Å². The number of nitrogens with zero attached hydrogens (tertiary/aromatic N) is 4. The number of nitrogens with one attached hydrogen (secondary N) is 2. The highest BCUT2D eigenvalue weighted by atomic mass is 19.1. The van der Waals surface area contributed by atoms with Crippen molar-refractivity contribution in [3.05, 3.63) is 57.5 Å². The van der Waals surface area contributed by atoms with Crippen LogP contribution in [0.3, 0.4) is 0 Å². The first kappa shape index (κ1) is 27.2. The van der Waals surface area contributed by atoms with Gasteiger partial charge < -0.3 is 25.5 Å². The summed E-state index contributed by atoms with van der Waals surface area (Å²) in [6.45, 7) is 1.25. The molecule has 0 unspecified atom stereocenters. The zero-order valence-electron chi connectivity index (χ0n) is 21.8. The molecule has 3 aliphatic rings. The third-order valence-electron chi connectivity index (χ3n) is 7.33. The van der Waals surface area contributed by atoms with Crippen LogP contribution in [0.25, 0.3) is 0 Å². The van der Waals surface area contributed by atoms with Gasteiger partial charge in [0.05, 0.1) is 5.54 Å². The van der Waals surface area contributed by atoms with Crippen LogP contribution in [0.5, 0.6) is 5.75 Å². The summed E-state index contributed by atoms with van der Waals surface area (Å²) in [7, 11) is 5.28. The molecule has 5 rings (SSSR count). The second-order valence-corrected chi connectivity index (χ2v) is 10.4. The number of rotatable bonds is 7. The Morgan fingerprint density at radius 3 is 2.42 bits per heavy atom. The van der Waals surface area contributed by atoms with Crippen LogP contribution < -0.4 is 16.2 Å². The highest BCUT2D eigenvalue weighted by Crippen LogP contribution is 2.42. The van der Waals surface area contributed by atoms with Crippen LogP contribution in [0.4, 0.5) is 4.39 Å². The number of carbonyl (C=O) groups is 3. The molecular formula is C26H33FN6O5. The van der Waals surface area contributed by atoms with Crippen LogP contribution in [0.2, 0.25) is 0 Å².